The van der Waals surface area contributed by atoms with Crippen molar-refractivity contribution in [3.8, 4) is 0 Å². The first-order valence-corrected chi connectivity index (χ1v) is 8.99. The summed E-state index contributed by atoms with van der Waals surface area (Å²) in [4.78, 5) is 14.5. The van der Waals surface area contributed by atoms with E-state index < -0.39 is 5.82 Å². The molecule has 4 nitrogen and oxygen atoms in total. The van der Waals surface area contributed by atoms with Crippen molar-refractivity contribution in [1.82, 2.24) is 10.2 Å². The van der Waals surface area contributed by atoms with Crippen LogP contribution in [-0.2, 0) is 17.8 Å². The molecular formula is C21H25FN2O2. The van der Waals surface area contributed by atoms with Gasteiger partial charge in [0.2, 0.25) is 0 Å². The van der Waals surface area contributed by atoms with Crippen molar-refractivity contribution in [2.24, 2.45) is 0 Å². The standard InChI is InChI=1S/C21H25FN2O2/c1-15-12-24(13-16(2)26-15)14-18-8-6-17(7-9-18)11-23-21(25)19-4-3-5-20(22)10-19/h3-10,15-16H,11-14H2,1-2H3,(H,23,25). The highest BCUT2D eigenvalue weighted by molar-refractivity contribution is 5.94. The van der Waals surface area contributed by atoms with Crippen LogP contribution in [0.1, 0.15) is 35.3 Å². The highest BCUT2D eigenvalue weighted by atomic mass is 19.1. The van der Waals surface area contributed by atoms with Crippen molar-refractivity contribution in [2.45, 2.75) is 39.1 Å². The monoisotopic (exact) mass is 356 g/mol. The molecule has 138 valence electrons. The third-order valence-electron chi connectivity index (χ3n) is 4.46. The fourth-order valence-electron chi connectivity index (χ4n) is 3.35. The van der Waals surface area contributed by atoms with Gasteiger partial charge in [0.25, 0.3) is 5.91 Å². The predicted molar refractivity (Wildman–Crippen MR) is 99.3 cm³/mol. The van der Waals surface area contributed by atoms with Gasteiger partial charge in [-0.25, -0.2) is 4.39 Å². The van der Waals surface area contributed by atoms with Crippen molar-refractivity contribution < 1.29 is 13.9 Å². The normalized spacial score (nSPS) is 20.7. The summed E-state index contributed by atoms with van der Waals surface area (Å²) in [5, 5.41) is 2.82. The third-order valence-corrected chi connectivity index (χ3v) is 4.46. The molecule has 1 saturated heterocycles. The fourth-order valence-corrected chi connectivity index (χ4v) is 3.35. The molecule has 0 aromatic heterocycles. The first kappa shape index (κ1) is 18.5. The number of carbonyl (C=O) groups is 1. The number of carbonyl (C=O) groups excluding carboxylic acids is 1. The highest BCUT2D eigenvalue weighted by Crippen LogP contribution is 2.15. The minimum Gasteiger partial charge on any atom is -0.373 e. The van der Waals surface area contributed by atoms with Crippen LogP contribution in [0.2, 0.25) is 0 Å². The summed E-state index contributed by atoms with van der Waals surface area (Å²) in [6.07, 6.45) is 0.520. The van der Waals surface area contributed by atoms with Crippen LogP contribution < -0.4 is 5.32 Å². The second kappa shape index (κ2) is 8.43. The number of rotatable bonds is 5. The number of nitrogens with zero attached hydrogens (tertiary/aromatic N) is 1. The number of benzene rings is 2. The molecule has 1 N–H and O–H groups in total. The van der Waals surface area contributed by atoms with E-state index >= 15 is 0 Å². The molecule has 0 saturated carbocycles. The van der Waals surface area contributed by atoms with Crippen molar-refractivity contribution in [3.63, 3.8) is 0 Å². The quantitative estimate of drug-likeness (QED) is 0.893. The van der Waals surface area contributed by atoms with Crippen LogP contribution >= 0.6 is 0 Å². The van der Waals surface area contributed by atoms with E-state index in [-0.39, 0.29) is 18.1 Å². The lowest BCUT2D eigenvalue weighted by Gasteiger charge is -2.35. The molecular weight excluding hydrogens is 331 g/mol. The summed E-state index contributed by atoms with van der Waals surface area (Å²) in [7, 11) is 0. The lowest BCUT2D eigenvalue weighted by molar-refractivity contribution is -0.0704. The Bertz CT molecular complexity index is 738. The number of halogens is 1. The number of amides is 1. The Kier molecular flexibility index (Phi) is 6.01. The Labute approximate surface area is 154 Å². The average Bonchev–Trinajstić information content (AvgIpc) is 2.60. The molecule has 26 heavy (non-hydrogen) atoms. The van der Waals surface area contributed by atoms with Crippen LogP contribution in [0.5, 0.6) is 0 Å². The van der Waals surface area contributed by atoms with E-state index in [0.29, 0.717) is 12.1 Å². The van der Waals surface area contributed by atoms with Crippen molar-refractivity contribution in [2.75, 3.05) is 13.1 Å². The molecule has 1 aliphatic heterocycles. The summed E-state index contributed by atoms with van der Waals surface area (Å²) in [5.74, 6) is -0.682. The summed E-state index contributed by atoms with van der Waals surface area (Å²) in [5.41, 5.74) is 2.59. The van der Waals surface area contributed by atoms with Crippen LogP contribution in [0.25, 0.3) is 0 Å². The van der Waals surface area contributed by atoms with E-state index in [1.54, 1.807) is 6.07 Å². The Morgan fingerprint density at radius 3 is 2.42 bits per heavy atom. The van der Waals surface area contributed by atoms with Gasteiger partial charge < -0.3 is 10.1 Å². The van der Waals surface area contributed by atoms with Crippen molar-refractivity contribution in [1.29, 1.82) is 0 Å². The Balaban J connectivity index is 1.52. The minimum atomic E-state index is -0.409. The largest absolute Gasteiger partial charge is 0.373 e. The Morgan fingerprint density at radius 2 is 1.77 bits per heavy atom. The highest BCUT2D eigenvalue weighted by Gasteiger charge is 2.21. The Hall–Kier alpha value is -2.24. The molecule has 1 heterocycles. The maximum Gasteiger partial charge on any atom is 0.251 e. The molecule has 2 atom stereocenters. The second-order valence-corrected chi connectivity index (χ2v) is 6.96. The van der Waals surface area contributed by atoms with Gasteiger partial charge in [-0.05, 0) is 43.2 Å². The predicted octanol–water partition coefficient (Wildman–Crippen LogP) is 3.36. The first-order chi connectivity index (χ1) is 12.5. The summed E-state index contributed by atoms with van der Waals surface area (Å²) in [6, 6.07) is 13.9. The van der Waals surface area contributed by atoms with E-state index in [1.807, 2.05) is 12.1 Å². The van der Waals surface area contributed by atoms with Gasteiger partial charge in [-0.15, -0.1) is 0 Å². The molecule has 2 unspecified atom stereocenters. The molecule has 3 rings (SSSR count). The minimum absolute atomic E-state index is 0.260. The molecule has 2 aromatic carbocycles. The molecule has 1 aliphatic rings. The number of hydrogen-bond acceptors (Lipinski definition) is 3. The van der Waals surface area contributed by atoms with E-state index in [9.17, 15) is 9.18 Å². The summed E-state index contributed by atoms with van der Waals surface area (Å²) < 4.78 is 19.0. The summed E-state index contributed by atoms with van der Waals surface area (Å²) in [6.45, 7) is 7.40. The number of nitrogens with one attached hydrogen (secondary N) is 1. The molecule has 1 amide bonds. The first-order valence-electron chi connectivity index (χ1n) is 8.99. The van der Waals surface area contributed by atoms with Gasteiger partial charge in [0.15, 0.2) is 0 Å². The van der Waals surface area contributed by atoms with Gasteiger partial charge in [0, 0.05) is 31.7 Å². The van der Waals surface area contributed by atoms with E-state index in [1.165, 1.54) is 23.8 Å². The summed E-state index contributed by atoms with van der Waals surface area (Å²) >= 11 is 0. The van der Waals surface area contributed by atoms with Crippen molar-refractivity contribution in [3.05, 3.63) is 71.0 Å². The van der Waals surface area contributed by atoms with Gasteiger partial charge >= 0.3 is 0 Å². The van der Waals surface area contributed by atoms with Crippen LogP contribution in [-0.4, -0.2) is 36.1 Å². The van der Waals surface area contributed by atoms with Crippen LogP contribution in [0, 0.1) is 5.82 Å². The Morgan fingerprint density at radius 1 is 1.12 bits per heavy atom. The number of ether oxygens (including phenoxy) is 1. The number of morpholine rings is 1. The SMILES string of the molecule is CC1CN(Cc2ccc(CNC(=O)c3cccc(F)c3)cc2)CC(C)O1. The second-order valence-electron chi connectivity index (χ2n) is 6.96. The maximum atomic E-state index is 13.2. The molecule has 5 heteroatoms. The smallest absolute Gasteiger partial charge is 0.251 e. The van der Waals surface area contributed by atoms with Gasteiger partial charge in [-0.2, -0.15) is 0 Å². The topological polar surface area (TPSA) is 41.6 Å². The number of hydrogen-bond donors (Lipinski definition) is 1. The van der Waals surface area contributed by atoms with Gasteiger partial charge in [0.05, 0.1) is 12.2 Å². The van der Waals surface area contributed by atoms with Crippen LogP contribution in [0.4, 0.5) is 4.39 Å². The molecule has 0 aliphatic carbocycles. The lowest BCUT2D eigenvalue weighted by atomic mass is 10.1. The zero-order valence-corrected chi connectivity index (χ0v) is 15.2. The maximum absolute atomic E-state index is 13.2. The van der Waals surface area contributed by atoms with E-state index in [2.05, 4.69) is 36.2 Å². The van der Waals surface area contributed by atoms with Crippen LogP contribution in [0.3, 0.4) is 0 Å². The van der Waals surface area contributed by atoms with Gasteiger partial charge in [-0.1, -0.05) is 30.3 Å². The van der Waals surface area contributed by atoms with E-state index in [4.69, 9.17) is 4.74 Å². The lowest BCUT2D eigenvalue weighted by Crippen LogP contribution is -2.44. The molecule has 2 aromatic rings. The molecule has 1 fully saturated rings. The fraction of sp³-hybridized carbons (Fsp3) is 0.381. The average molecular weight is 356 g/mol. The third kappa shape index (κ3) is 5.13. The zero-order valence-electron chi connectivity index (χ0n) is 15.2. The van der Waals surface area contributed by atoms with E-state index in [0.717, 1.165) is 25.2 Å². The zero-order chi connectivity index (χ0) is 18.5. The van der Waals surface area contributed by atoms with Crippen LogP contribution in [0.15, 0.2) is 48.5 Å². The van der Waals surface area contributed by atoms with Gasteiger partial charge in [-0.3, -0.25) is 9.69 Å². The van der Waals surface area contributed by atoms with Crippen molar-refractivity contribution >= 4 is 5.91 Å². The molecule has 0 radical (unpaired) electrons. The van der Waals surface area contributed by atoms with Gasteiger partial charge in [0.1, 0.15) is 5.82 Å². The molecule has 0 spiro atoms. The molecule has 0 bridgehead atoms.